The fourth-order valence-electron chi connectivity index (χ4n) is 2.11. The summed E-state index contributed by atoms with van der Waals surface area (Å²) < 4.78 is 14.2. The second-order valence-electron chi connectivity index (χ2n) is 4.80. The first-order chi connectivity index (χ1) is 8.97. The van der Waals surface area contributed by atoms with Crippen LogP contribution in [-0.2, 0) is 0 Å². The van der Waals surface area contributed by atoms with Gasteiger partial charge in [0.25, 0.3) is 5.91 Å². The summed E-state index contributed by atoms with van der Waals surface area (Å²) in [5, 5.41) is 3.19. The zero-order chi connectivity index (χ0) is 14.0. The summed E-state index contributed by atoms with van der Waals surface area (Å²) >= 11 is 9.02. The lowest BCUT2D eigenvalue weighted by Gasteiger charge is -2.29. The SMILES string of the molecule is CN1CCC(NC(=O)c2cc(Cl)c(Br)cc2F)CC1. The second-order valence-corrected chi connectivity index (χ2v) is 6.06. The molecule has 0 unspecified atom stereocenters. The molecule has 1 N–H and O–H groups in total. The van der Waals surface area contributed by atoms with Crippen LogP contribution in [0.5, 0.6) is 0 Å². The lowest BCUT2D eigenvalue weighted by molar-refractivity contribution is 0.0913. The minimum Gasteiger partial charge on any atom is -0.349 e. The first kappa shape index (κ1) is 14.8. The molecule has 0 aliphatic carbocycles. The Hall–Kier alpha value is -0.650. The Morgan fingerprint density at radius 3 is 2.74 bits per heavy atom. The molecular weight excluding hydrogens is 335 g/mol. The molecule has 1 aliphatic heterocycles. The van der Waals surface area contributed by atoms with E-state index in [0.29, 0.717) is 9.50 Å². The average molecular weight is 350 g/mol. The van der Waals surface area contributed by atoms with Gasteiger partial charge in [0.05, 0.1) is 10.6 Å². The third-order valence-corrected chi connectivity index (χ3v) is 4.51. The molecule has 0 saturated carbocycles. The molecule has 1 fully saturated rings. The number of hydrogen-bond donors (Lipinski definition) is 1. The molecule has 0 aromatic heterocycles. The summed E-state index contributed by atoms with van der Waals surface area (Å²) in [4.78, 5) is 14.2. The largest absolute Gasteiger partial charge is 0.349 e. The minimum absolute atomic E-state index is 0.00729. The van der Waals surface area contributed by atoms with Crippen LogP contribution in [0, 0.1) is 5.82 Å². The Bertz CT molecular complexity index is 490. The normalized spacial score (nSPS) is 17.5. The molecule has 1 saturated heterocycles. The maximum Gasteiger partial charge on any atom is 0.254 e. The van der Waals surface area contributed by atoms with E-state index in [-0.39, 0.29) is 11.6 Å². The number of carbonyl (C=O) groups excluding carboxylic acids is 1. The summed E-state index contributed by atoms with van der Waals surface area (Å²) in [6, 6.07) is 2.67. The van der Waals surface area contributed by atoms with Crippen LogP contribution in [0.25, 0.3) is 0 Å². The molecule has 1 heterocycles. The Morgan fingerprint density at radius 2 is 2.11 bits per heavy atom. The first-order valence-electron chi connectivity index (χ1n) is 6.11. The zero-order valence-electron chi connectivity index (χ0n) is 10.5. The van der Waals surface area contributed by atoms with Crippen molar-refractivity contribution < 1.29 is 9.18 Å². The van der Waals surface area contributed by atoms with Gasteiger partial charge < -0.3 is 10.2 Å². The fraction of sp³-hybridized carbons (Fsp3) is 0.462. The number of carbonyl (C=O) groups is 1. The standard InChI is InChI=1S/C13H15BrClFN2O/c1-18-4-2-8(3-5-18)17-13(19)9-6-11(15)10(14)7-12(9)16/h6-8H,2-5H2,1H3,(H,17,19). The van der Waals surface area contributed by atoms with Crippen molar-refractivity contribution in [1.29, 1.82) is 0 Å². The number of rotatable bonds is 2. The van der Waals surface area contributed by atoms with Gasteiger partial charge in [-0.15, -0.1) is 0 Å². The summed E-state index contributed by atoms with van der Waals surface area (Å²) in [5.41, 5.74) is -0.00729. The third kappa shape index (κ3) is 3.68. The van der Waals surface area contributed by atoms with Crippen LogP contribution in [0.2, 0.25) is 5.02 Å². The molecule has 0 bridgehead atoms. The van der Waals surface area contributed by atoms with Crippen molar-refractivity contribution >= 4 is 33.4 Å². The van der Waals surface area contributed by atoms with Crippen LogP contribution in [0.15, 0.2) is 16.6 Å². The topological polar surface area (TPSA) is 32.3 Å². The Morgan fingerprint density at radius 1 is 1.47 bits per heavy atom. The van der Waals surface area contributed by atoms with Crippen molar-refractivity contribution in [2.45, 2.75) is 18.9 Å². The highest BCUT2D eigenvalue weighted by Crippen LogP contribution is 2.25. The lowest BCUT2D eigenvalue weighted by atomic mass is 10.0. The van der Waals surface area contributed by atoms with Crippen molar-refractivity contribution in [1.82, 2.24) is 10.2 Å². The van der Waals surface area contributed by atoms with Crippen LogP contribution in [-0.4, -0.2) is 37.0 Å². The summed E-state index contributed by atoms with van der Waals surface area (Å²) in [7, 11) is 2.05. The maximum absolute atomic E-state index is 13.7. The van der Waals surface area contributed by atoms with Crippen molar-refractivity contribution in [3.8, 4) is 0 Å². The van der Waals surface area contributed by atoms with Crippen LogP contribution in [0.4, 0.5) is 4.39 Å². The molecule has 3 nitrogen and oxygen atoms in total. The van der Waals surface area contributed by atoms with E-state index < -0.39 is 11.7 Å². The number of halogens is 3. The number of benzene rings is 1. The summed E-state index contributed by atoms with van der Waals surface area (Å²) in [6.07, 6.45) is 1.77. The van der Waals surface area contributed by atoms with Gasteiger partial charge in [-0.05, 0) is 61.0 Å². The van der Waals surface area contributed by atoms with E-state index >= 15 is 0 Å². The van der Waals surface area contributed by atoms with E-state index in [1.807, 2.05) is 7.05 Å². The van der Waals surface area contributed by atoms with Gasteiger partial charge >= 0.3 is 0 Å². The molecule has 6 heteroatoms. The molecule has 2 rings (SSSR count). The zero-order valence-corrected chi connectivity index (χ0v) is 12.9. The molecule has 1 aromatic carbocycles. The van der Waals surface area contributed by atoms with Gasteiger partial charge in [0.15, 0.2) is 0 Å². The van der Waals surface area contributed by atoms with Gasteiger partial charge in [0, 0.05) is 10.5 Å². The number of likely N-dealkylation sites (tertiary alicyclic amines) is 1. The number of nitrogens with one attached hydrogen (secondary N) is 1. The van der Waals surface area contributed by atoms with Gasteiger partial charge in [-0.2, -0.15) is 0 Å². The smallest absolute Gasteiger partial charge is 0.254 e. The van der Waals surface area contributed by atoms with Crippen LogP contribution in [0.3, 0.4) is 0 Å². The quantitative estimate of drug-likeness (QED) is 0.832. The van der Waals surface area contributed by atoms with Crippen molar-refractivity contribution in [3.05, 3.63) is 33.0 Å². The Kier molecular flexibility index (Phi) is 4.81. The van der Waals surface area contributed by atoms with Crippen molar-refractivity contribution in [3.63, 3.8) is 0 Å². The molecule has 19 heavy (non-hydrogen) atoms. The second kappa shape index (κ2) is 6.20. The van der Waals surface area contributed by atoms with E-state index in [4.69, 9.17) is 11.6 Å². The maximum atomic E-state index is 13.7. The molecule has 104 valence electrons. The van der Waals surface area contributed by atoms with Crippen LogP contribution >= 0.6 is 27.5 Å². The van der Waals surface area contributed by atoms with Gasteiger partial charge in [0.1, 0.15) is 5.82 Å². The van der Waals surface area contributed by atoms with E-state index in [1.165, 1.54) is 12.1 Å². The Labute approximate surface area is 125 Å². The number of hydrogen-bond acceptors (Lipinski definition) is 2. The molecule has 1 aliphatic rings. The predicted molar refractivity (Wildman–Crippen MR) is 77.1 cm³/mol. The summed E-state index contributed by atoms with van der Waals surface area (Å²) in [6.45, 7) is 1.88. The van der Waals surface area contributed by atoms with Crippen molar-refractivity contribution in [2.75, 3.05) is 20.1 Å². The summed E-state index contributed by atoms with van der Waals surface area (Å²) in [5.74, 6) is -0.969. The average Bonchev–Trinajstić information content (AvgIpc) is 2.36. The monoisotopic (exact) mass is 348 g/mol. The van der Waals surface area contributed by atoms with E-state index in [1.54, 1.807) is 0 Å². The Balaban J connectivity index is 2.06. The predicted octanol–water partition coefficient (Wildman–Crippen LogP) is 3.07. The fourth-order valence-corrected chi connectivity index (χ4v) is 2.59. The first-order valence-corrected chi connectivity index (χ1v) is 7.28. The van der Waals surface area contributed by atoms with E-state index in [9.17, 15) is 9.18 Å². The van der Waals surface area contributed by atoms with Gasteiger partial charge in [-0.3, -0.25) is 4.79 Å². The highest BCUT2D eigenvalue weighted by atomic mass is 79.9. The number of amides is 1. The van der Waals surface area contributed by atoms with Crippen LogP contribution < -0.4 is 5.32 Å². The lowest BCUT2D eigenvalue weighted by Crippen LogP contribution is -2.43. The van der Waals surface area contributed by atoms with Gasteiger partial charge in [-0.25, -0.2) is 4.39 Å². The van der Waals surface area contributed by atoms with Crippen LogP contribution in [0.1, 0.15) is 23.2 Å². The molecule has 0 radical (unpaired) electrons. The third-order valence-electron chi connectivity index (χ3n) is 3.31. The highest BCUT2D eigenvalue weighted by molar-refractivity contribution is 9.10. The van der Waals surface area contributed by atoms with Gasteiger partial charge in [0.2, 0.25) is 0 Å². The van der Waals surface area contributed by atoms with Gasteiger partial charge in [-0.1, -0.05) is 11.6 Å². The van der Waals surface area contributed by atoms with E-state index in [2.05, 4.69) is 26.1 Å². The van der Waals surface area contributed by atoms with E-state index in [0.717, 1.165) is 25.9 Å². The minimum atomic E-state index is -0.568. The number of nitrogens with zero attached hydrogens (tertiary/aromatic N) is 1. The highest BCUT2D eigenvalue weighted by Gasteiger charge is 2.21. The molecule has 1 aromatic rings. The van der Waals surface area contributed by atoms with Crippen molar-refractivity contribution in [2.24, 2.45) is 0 Å². The molecule has 1 amide bonds. The molecule has 0 atom stereocenters. The molecular formula is C13H15BrClFN2O. The molecule has 0 spiro atoms. The number of piperidine rings is 1.